The Bertz CT molecular complexity index is 981. The summed E-state index contributed by atoms with van der Waals surface area (Å²) in [6.07, 6.45) is 4.76. The number of nitrogens with zero attached hydrogens (tertiary/aromatic N) is 1. The second kappa shape index (κ2) is 13.1. The zero-order chi connectivity index (χ0) is 25.3. The number of rotatable bonds is 13. The molecule has 34 heavy (non-hydrogen) atoms. The summed E-state index contributed by atoms with van der Waals surface area (Å²) in [5, 5.41) is 11.5. The predicted molar refractivity (Wildman–Crippen MR) is 138 cm³/mol. The van der Waals surface area contributed by atoms with Crippen LogP contribution in [-0.2, 0) is 6.42 Å². The highest BCUT2D eigenvalue weighted by Crippen LogP contribution is 2.34. The maximum absolute atomic E-state index is 10.2. The van der Waals surface area contributed by atoms with Gasteiger partial charge in [0.05, 0.1) is 26.4 Å². The van der Waals surface area contributed by atoms with Crippen molar-refractivity contribution < 1.29 is 24.2 Å². The lowest BCUT2D eigenvalue weighted by Gasteiger charge is -2.19. The normalized spacial score (nSPS) is 11.5. The zero-order valence-corrected chi connectivity index (χ0v) is 21.6. The van der Waals surface area contributed by atoms with Gasteiger partial charge >= 0.3 is 0 Å². The van der Waals surface area contributed by atoms with Crippen molar-refractivity contribution in [2.45, 2.75) is 53.2 Å². The largest absolute Gasteiger partial charge is 0.493 e. The molecular formula is C28H39NO5. The summed E-state index contributed by atoms with van der Waals surface area (Å²) in [5.41, 5.74) is 3.91. The smallest absolute Gasteiger partial charge is 0.162 e. The van der Waals surface area contributed by atoms with Crippen LogP contribution in [-0.4, -0.2) is 49.8 Å². The van der Waals surface area contributed by atoms with E-state index >= 15 is 0 Å². The predicted octanol–water partition coefficient (Wildman–Crippen LogP) is 6.26. The Kier molecular flexibility index (Phi) is 10.5. The molecule has 0 amide bonds. The number of ether oxygens (including phenoxy) is 4. The van der Waals surface area contributed by atoms with E-state index in [0.717, 1.165) is 22.3 Å². The van der Waals surface area contributed by atoms with Crippen molar-refractivity contribution in [3.63, 3.8) is 0 Å². The van der Waals surface area contributed by atoms with Crippen molar-refractivity contribution in [1.82, 2.24) is 5.06 Å². The van der Waals surface area contributed by atoms with Crippen molar-refractivity contribution in [1.29, 1.82) is 0 Å². The summed E-state index contributed by atoms with van der Waals surface area (Å²) in [4.78, 5) is 0. The first-order valence-electron chi connectivity index (χ1n) is 11.6. The molecule has 0 heterocycles. The molecule has 6 nitrogen and oxygen atoms in total. The third-order valence-electron chi connectivity index (χ3n) is 4.89. The van der Waals surface area contributed by atoms with Crippen LogP contribution in [0.25, 0.3) is 12.2 Å². The van der Waals surface area contributed by atoms with Crippen LogP contribution in [0.3, 0.4) is 0 Å². The summed E-state index contributed by atoms with van der Waals surface area (Å²) in [6, 6.07) is 9.82. The van der Waals surface area contributed by atoms with Crippen LogP contribution in [0.1, 0.15) is 51.3 Å². The van der Waals surface area contributed by atoms with Crippen molar-refractivity contribution in [3.8, 4) is 23.0 Å². The molecule has 0 fully saturated rings. The molecule has 0 aromatic heterocycles. The Labute approximate surface area is 204 Å². The van der Waals surface area contributed by atoms with Gasteiger partial charge in [-0.3, -0.25) is 0 Å². The fraction of sp³-hybridized carbons (Fsp3) is 0.429. The third-order valence-corrected chi connectivity index (χ3v) is 4.89. The SMILES string of the molecule is C=C(C)CN(O)CCc1cc(OC)c(OC(C)C)cc1/C=C\c1ccc(OC)c(OC(C)C)c1. The molecule has 0 bridgehead atoms. The van der Waals surface area contributed by atoms with E-state index in [1.54, 1.807) is 14.2 Å². The van der Waals surface area contributed by atoms with E-state index in [2.05, 4.69) is 6.58 Å². The minimum atomic E-state index is 0.0115. The van der Waals surface area contributed by atoms with Crippen molar-refractivity contribution >= 4 is 12.2 Å². The van der Waals surface area contributed by atoms with Gasteiger partial charge in [0.2, 0.25) is 0 Å². The summed E-state index contributed by atoms with van der Waals surface area (Å²) in [6.45, 7) is 14.6. The van der Waals surface area contributed by atoms with Crippen LogP contribution in [0.15, 0.2) is 42.5 Å². The molecule has 6 heteroatoms. The number of benzene rings is 2. The Morgan fingerprint density at radius 1 is 0.912 bits per heavy atom. The number of hydrogen-bond acceptors (Lipinski definition) is 6. The first kappa shape index (κ1) is 27.3. The molecule has 0 aliphatic rings. The van der Waals surface area contributed by atoms with Gasteiger partial charge in [-0.15, -0.1) is 0 Å². The average Bonchev–Trinajstić information content (AvgIpc) is 2.75. The Morgan fingerprint density at radius 2 is 1.53 bits per heavy atom. The first-order chi connectivity index (χ1) is 16.1. The average molecular weight is 470 g/mol. The van der Waals surface area contributed by atoms with E-state index in [4.69, 9.17) is 18.9 Å². The highest BCUT2D eigenvalue weighted by Gasteiger charge is 2.13. The lowest BCUT2D eigenvalue weighted by atomic mass is 10.0. The molecule has 2 rings (SSSR count). The van der Waals surface area contributed by atoms with Gasteiger partial charge in [-0.2, -0.15) is 5.06 Å². The summed E-state index contributed by atoms with van der Waals surface area (Å²) >= 11 is 0. The Morgan fingerprint density at radius 3 is 2.09 bits per heavy atom. The highest BCUT2D eigenvalue weighted by atomic mass is 16.5. The standard InChI is InChI=1S/C28H39NO5/c1-19(2)18-29(30)14-13-24-16-26(32-8)28(34-21(5)6)17-23(24)11-9-22-10-12-25(31-7)27(15-22)33-20(3)4/h9-12,15-17,20-21,30H,1,13-14,18H2,2-8H3/b11-9-. The fourth-order valence-electron chi connectivity index (χ4n) is 3.46. The molecule has 0 unspecified atom stereocenters. The summed E-state index contributed by atoms with van der Waals surface area (Å²) in [5.74, 6) is 2.75. The second-order valence-corrected chi connectivity index (χ2v) is 8.87. The van der Waals surface area contributed by atoms with Crippen LogP contribution >= 0.6 is 0 Å². The molecule has 2 aromatic carbocycles. The molecule has 1 N–H and O–H groups in total. The van der Waals surface area contributed by atoms with Crippen LogP contribution in [0, 0.1) is 0 Å². The summed E-state index contributed by atoms with van der Waals surface area (Å²) < 4.78 is 22.9. The molecular weight excluding hydrogens is 430 g/mol. The van der Waals surface area contributed by atoms with Crippen LogP contribution < -0.4 is 18.9 Å². The molecule has 0 spiro atoms. The van der Waals surface area contributed by atoms with Gasteiger partial charge in [-0.05, 0) is 82.0 Å². The van der Waals surface area contributed by atoms with E-state index in [1.807, 2.05) is 77.1 Å². The number of hydroxylamine groups is 2. The molecule has 0 aliphatic heterocycles. The van der Waals surface area contributed by atoms with E-state index in [9.17, 15) is 5.21 Å². The van der Waals surface area contributed by atoms with Gasteiger partial charge in [-0.25, -0.2) is 0 Å². The Balaban J connectivity index is 2.41. The van der Waals surface area contributed by atoms with Gasteiger partial charge < -0.3 is 24.2 Å². The van der Waals surface area contributed by atoms with Crippen molar-refractivity contribution in [2.75, 3.05) is 27.3 Å². The number of methoxy groups -OCH3 is 2. The zero-order valence-electron chi connectivity index (χ0n) is 21.6. The molecule has 0 radical (unpaired) electrons. The van der Waals surface area contributed by atoms with E-state index in [-0.39, 0.29) is 12.2 Å². The third kappa shape index (κ3) is 8.43. The van der Waals surface area contributed by atoms with Crippen LogP contribution in [0.2, 0.25) is 0 Å². The molecule has 0 aliphatic carbocycles. The van der Waals surface area contributed by atoms with Crippen LogP contribution in [0.4, 0.5) is 0 Å². The van der Waals surface area contributed by atoms with Crippen molar-refractivity contribution in [3.05, 3.63) is 59.2 Å². The second-order valence-electron chi connectivity index (χ2n) is 8.87. The molecule has 186 valence electrons. The van der Waals surface area contributed by atoms with Gasteiger partial charge in [0.1, 0.15) is 0 Å². The highest BCUT2D eigenvalue weighted by molar-refractivity contribution is 5.74. The fourth-order valence-corrected chi connectivity index (χ4v) is 3.46. The lowest BCUT2D eigenvalue weighted by Crippen LogP contribution is -2.23. The van der Waals surface area contributed by atoms with E-state index in [0.29, 0.717) is 42.5 Å². The molecule has 0 saturated heterocycles. The van der Waals surface area contributed by atoms with Gasteiger partial charge in [0, 0.05) is 13.1 Å². The quantitative estimate of drug-likeness (QED) is 0.212. The maximum atomic E-state index is 10.2. The Hall–Kier alpha value is -2.96. The first-order valence-corrected chi connectivity index (χ1v) is 11.6. The van der Waals surface area contributed by atoms with Crippen molar-refractivity contribution in [2.24, 2.45) is 0 Å². The van der Waals surface area contributed by atoms with E-state index < -0.39 is 0 Å². The number of hydrogen-bond donors (Lipinski definition) is 1. The topological polar surface area (TPSA) is 60.4 Å². The van der Waals surface area contributed by atoms with E-state index in [1.165, 1.54) is 5.06 Å². The molecule has 2 aromatic rings. The van der Waals surface area contributed by atoms with Gasteiger partial charge in [0.25, 0.3) is 0 Å². The summed E-state index contributed by atoms with van der Waals surface area (Å²) in [7, 11) is 3.27. The maximum Gasteiger partial charge on any atom is 0.162 e. The lowest BCUT2D eigenvalue weighted by molar-refractivity contribution is -0.0811. The molecule has 0 saturated carbocycles. The van der Waals surface area contributed by atoms with Gasteiger partial charge in [-0.1, -0.05) is 30.4 Å². The minimum Gasteiger partial charge on any atom is -0.493 e. The monoisotopic (exact) mass is 469 g/mol. The minimum absolute atomic E-state index is 0.0115. The van der Waals surface area contributed by atoms with Crippen LogP contribution in [0.5, 0.6) is 23.0 Å². The molecule has 0 atom stereocenters. The van der Waals surface area contributed by atoms with Gasteiger partial charge in [0.15, 0.2) is 23.0 Å².